The van der Waals surface area contributed by atoms with Gasteiger partial charge in [-0.05, 0) is 37.1 Å². The number of terminal acetylenes is 1. The molecule has 0 aliphatic heterocycles. The van der Waals surface area contributed by atoms with E-state index < -0.39 is 11.7 Å². The van der Waals surface area contributed by atoms with Crippen LogP contribution in [0.2, 0.25) is 0 Å². The van der Waals surface area contributed by atoms with Gasteiger partial charge in [-0.1, -0.05) is 19.1 Å². The Hall–Kier alpha value is -1.47. The fourth-order valence-electron chi connectivity index (χ4n) is 1.97. The summed E-state index contributed by atoms with van der Waals surface area (Å²) < 4.78 is 38.0. The van der Waals surface area contributed by atoms with E-state index in [1.807, 2.05) is 6.92 Å². The maximum absolute atomic E-state index is 12.7. The van der Waals surface area contributed by atoms with Gasteiger partial charge in [0.15, 0.2) is 0 Å². The molecule has 0 radical (unpaired) electrons. The molecule has 1 rings (SSSR count). The van der Waals surface area contributed by atoms with Gasteiger partial charge in [0, 0.05) is 12.5 Å². The lowest BCUT2D eigenvalue weighted by Gasteiger charge is -2.19. The Kier molecular flexibility index (Phi) is 5.91. The first kappa shape index (κ1) is 15.6. The lowest BCUT2D eigenvalue weighted by molar-refractivity contribution is -0.137. The highest BCUT2D eigenvalue weighted by atomic mass is 19.4. The SMILES string of the molecule is C#CCCCC(NCC)c1cccc(C(F)(F)F)c1. The van der Waals surface area contributed by atoms with Crippen molar-refractivity contribution >= 4 is 0 Å². The van der Waals surface area contributed by atoms with Crippen LogP contribution in [0.4, 0.5) is 13.2 Å². The largest absolute Gasteiger partial charge is 0.416 e. The quantitative estimate of drug-likeness (QED) is 0.604. The molecule has 0 spiro atoms. The molecule has 1 aromatic carbocycles. The van der Waals surface area contributed by atoms with E-state index in [0.29, 0.717) is 18.5 Å². The van der Waals surface area contributed by atoms with Crippen molar-refractivity contribution in [3.63, 3.8) is 0 Å². The molecule has 0 fully saturated rings. The third-order valence-corrected chi connectivity index (χ3v) is 2.88. The standard InChI is InChI=1S/C15H18F3N/c1-3-5-6-10-14(19-4-2)12-8-7-9-13(11-12)15(16,17)18/h1,7-9,11,14,19H,4-6,10H2,2H3. The van der Waals surface area contributed by atoms with Gasteiger partial charge >= 0.3 is 6.18 Å². The second-order valence-corrected chi connectivity index (χ2v) is 4.33. The van der Waals surface area contributed by atoms with Gasteiger partial charge in [-0.25, -0.2) is 0 Å². The molecule has 1 unspecified atom stereocenters. The van der Waals surface area contributed by atoms with Crippen LogP contribution in [0, 0.1) is 12.3 Å². The van der Waals surface area contributed by atoms with Gasteiger partial charge in [-0.15, -0.1) is 12.3 Å². The van der Waals surface area contributed by atoms with Crippen LogP contribution in [0.15, 0.2) is 24.3 Å². The highest BCUT2D eigenvalue weighted by Gasteiger charge is 2.30. The van der Waals surface area contributed by atoms with Crippen molar-refractivity contribution in [3.05, 3.63) is 35.4 Å². The molecule has 19 heavy (non-hydrogen) atoms. The molecule has 0 saturated carbocycles. The molecule has 0 heterocycles. The Morgan fingerprint density at radius 1 is 1.37 bits per heavy atom. The predicted molar refractivity (Wildman–Crippen MR) is 70.5 cm³/mol. The molecule has 1 atom stereocenters. The maximum Gasteiger partial charge on any atom is 0.416 e. The second-order valence-electron chi connectivity index (χ2n) is 4.33. The molecule has 104 valence electrons. The molecular weight excluding hydrogens is 251 g/mol. The van der Waals surface area contributed by atoms with E-state index in [-0.39, 0.29) is 6.04 Å². The minimum atomic E-state index is -4.30. The number of benzene rings is 1. The summed E-state index contributed by atoms with van der Waals surface area (Å²) in [6.45, 7) is 2.64. The summed E-state index contributed by atoms with van der Waals surface area (Å²) in [6, 6.07) is 5.39. The summed E-state index contributed by atoms with van der Waals surface area (Å²) in [7, 11) is 0. The number of hydrogen-bond donors (Lipinski definition) is 1. The maximum atomic E-state index is 12.7. The molecular formula is C15H18F3N. The van der Waals surface area contributed by atoms with Crippen LogP contribution in [-0.2, 0) is 6.18 Å². The molecule has 0 aliphatic rings. The number of unbranched alkanes of at least 4 members (excludes halogenated alkanes) is 1. The van der Waals surface area contributed by atoms with Crippen molar-refractivity contribution in [2.45, 2.75) is 38.4 Å². The van der Waals surface area contributed by atoms with Gasteiger partial charge in [-0.3, -0.25) is 0 Å². The van der Waals surface area contributed by atoms with E-state index in [4.69, 9.17) is 6.42 Å². The van der Waals surface area contributed by atoms with Gasteiger partial charge in [-0.2, -0.15) is 13.2 Å². The normalized spacial score (nSPS) is 13.0. The first-order valence-electron chi connectivity index (χ1n) is 6.33. The van der Waals surface area contributed by atoms with E-state index in [1.54, 1.807) is 6.07 Å². The molecule has 0 saturated heterocycles. The summed E-state index contributed by atoms with van der Waals surface area (Å²) in [5.41, 5.74) is 0.0542. The van der Waals surface area contributed by atoms with Crippen LogP contribution >= 0.6 is 0 Å². The summed E-state index contributed by atoms with van der Waals surface area (Å²) in [5.74, 6) is 2.54. The van der Waals surface area contributed by atoms with Gasteiger partial charge < -0.3 is 5.32 Å². The van der Waals surface area contributed by atoms with E-state index in [0.717, 1.165) is 18.9 Å². The topological polar surface area (TPSA) is 12.0 Å². The molecule has 1 N–H and O–H groups in total. The van der Waals surface area contributed by atoms with Crippen molar-refractivity contribution in [1.82, 2.24) is 5.32 Å². The number of rotatable bonds is 6. The number of alkyl halides is 3. The minimum Gasteiger partial charge on any atom is -0.310 e. The zero-order valence-electron chi connectivity index (χ0n) is 10.9. The van der Waals surface area contributed by atoms with Gasteiger partial charge in [0.2, 0.25) is 0 Å². The monoisotopic (exact) mass is 269 g/mol. The van der Waals surface area contributed by atoms with Crippen LogP contribution in [0.5, 0.6) is 0 Å². The fraction of sp³-hybridized carbons (Fsp3) is 0.467. The number of halogens is 3. The Balaban J connectivity index is 2.87. The van der Waals surface area contributed by atoms with Crippen LogP contribution in [0.1, 0.15) is 43.4 Å². The van der Waals surface area contributed by atoms with E-state index in [2.05, 4.69) is 11.2 Å². The van der Waals surface area contributed by atoms with Crippen molar-refractivity contribution in [1.29, 1.82) is 0 Å². The molecule has 0 aliphatic carbocycles. The van der Waals surface area contributed by atoms with Crippen LogP contribution in [0.3, 0.4) is 0 Å². The lowest BCUT2D eigenvalue weighted by Crippen LogP contribution is -2.21. The van der Waals surface area contributed by atoms with Gasteiger partial charge in [0.25, 0.3) is 0 Å². The molecule has 0 bridgehead atoms. The first-order valence-corrected chi connectivity index (χ1v) is 6.33. The van der Waals surface area contributed by atoms with E-state index in [1.165, 1.54) is 12.1 Å². The minimum absolute atomic E-state index is 0.0827. The summed E-state index contributed by atoms with van der Waals surface area (Å²) in [4.78, 5) is 0. The molecule has 1 aromatic rings. The summed E-state index contributed by atoms with van der Waals surface area (Å²) >= 11 is 0. The second kappa shape index (κ2) is 7.20. The van der Waals surface area contributed by atoms with E-state index in [9.17, 15) is 13.2 Å². The van der Waals surface area contributed by atoms with Crippen molar-refractivity contribution < 1.29 is 13.2 Å². The van der Waals surface area contributed by atoms with Crippen molar-refractivity contribution in [2.24, 2.45) is 0 Å². The zero-order valence-corrected chi connectivity index (χ0v) is 10.9. The van der Waals surface area contributed by atoms with Crippen molar-refractivity contribution in [3.8, 4) is 12.3 Å². The van der Waals surface area contributed by atoms with Crippen molar-refractivity contribution in [2.75, 3.05) is 6.54 Å². The molecule has 0 amide bonds. The Labute approximate surface area is 112 Å². The highest BCUT2D eigenvalue weighted by Crippen LogP contribution is 2.31. The summed E-state index contributed by atoms with van der Waals surface area (Å²) in [5, 5.41) is 3.20. The molecule has 0 aromatic heterocycles. The average molecular weight is 269 g/mol. The Morgan fingerprint density at radius 2 is 2.11 bits per heavy atom. The smallest absolute Gasteiger partial charge is 0.310 e. The number of hydrogen-bond acceptors (Lipinski definition) is 1. The Bertz CT molecular complexity index is 432. The zero-order chi connectivity index (χ0) is 14.3. The lowest BCUT2D eigenvalue weighted by atomic mass is 9.99. The fourth-order valence-corrected chi connectivity index (χ4v) is 1.97. The Morgan fingerprint density at radius 3 is 2.68 bits per heavy atom. The highest BCUT2D eigenvalue weighted by molar-refractivity contribution is 5.28. The molecule has 1 nitrogen and oxygen atoms in total. The van der Waals surface area contributed by atoms with Gasteiger partial charge in [0.1, 0.15) is 0 Å². The van der Waals surface area contributed by atoms with Crippen LogP contribution in [-0.4, -0.2) is 6.54 Å². The van der Waals surface area contributed by atoms with Crippen LogP contribution in [0.25, 0.3) is 0 Å². The number of nitrogens with one attached hydrogen (secondary N) is 1. The van der Waals surface area contributed by atoms with Crippen LogP contribution < -0.4 is 5.32 Å². The molecule has 4 heteroatoms. The predicted octanol–water partition coefficient (Wildman–Crippen LogP) is 4.16. The third kappa shape index (κ3) is 4.96. The third-order valence-electron chi connectivity index (χ3n) is 2.88. The first-order chi connectivity index (χ1) is 8.99. The average Bonchev–Trinajstić information content (AvgIpc) is 2.37. The van der Waals surface area contributed by atoms with Gasteiger partial charge in [0.05, 0.1) is 5.56 Å². The van der Waals surface area contributed by atoms with E-state index >= 15 is 0 Å². The summed E-state index contributed by atoms with van der Waals surface area (Å²) in [6.07, 6.45) is 3.06.